The number of carboxylic acid groups (broad SMARTS) is 1. The van der Waals surface area contributed by atoms with E-state index in [0.29, 0.717) is 36.7 Å². The van der Waals surface area contributed by atoms with E-state index >= 15 is 0 Å². The van der Waals surface area contributed by atoms with Gasteiger partial charge in [-0.05, 0) is 62.4 Å². The highest BCUT2D eigenvalue weighted by atomic mass is 19.1. The van der Waals surface area contributed by atoms with Crippen molar-refractivity contribution in [3.8, 4) is 0 Å². The smallest absolute Gasteiger partial charge is 0.306 e. The quantitative estimate of drug-likeness (QED) is 0.251. The van der Waals surface area contributed by atoms with Gasteiger partial charge in [0.15, 0.2) is 0 Å². The molecule has 4 aromatic rings. The summed E-state index contributed by atoms with van der Waals surface area (Å²) in [7, 11) is 0. The number of carboxylic acids is 1. The first-order valence-corrected chi connectivity index (χ1v) is 12.7. The standard InChI is InChI=1S/C29H31FN2O4/c1-2-3-6-19(28(34)35)9-11-29(12-13-29)31-27(33)24-17-22(30)15-21-10-14-32(26(21)24)18-23-16-20-7-4-5-8-25(20)36-23/h4-5,7-8,10,14-17,19H,2-3,6,9,11-13,18H2,1H3,(H,31,33)(H,34,35). The van der Waals surface area contributed by atoms with Gasteiger partial charge in [0.1, 0.15) is 17.2 Å². The van der Waals surface area contributed by atoms with E-state index in [1.807, 2.05) is 48.0 Å². The zero-order chi connectivity index (χ0) is 25.3. The molecule has 1 saturated carbocycles. The Morgan fingerprint density at radius 1 is 1.14 bits per heavy atom. The van der Waals surface area contributed by atoms with Crippen LogP contribution >= 0.6 is 0 Å². The first-order valence-electron chi connectivity index (χ1n) is 12.7. The molecule has 0 radical (unpaired) electrons. The number of nitrogens with zero attached hydrogens (tertiary/aromatic N) is 1. The SMILES string of the molecule is CCCCC(CCC1(NC(=O)c2cc(F)cc3ccn(Cc4cc5ccccc5o4)c23)CC1)C(=O)O. The fourth-order valence-corrected chi connectivity index (χ4v) is 5.09. The fraction of sp³-hybridized carbons (Fsp3) is 0.379. The molecule has 0 aliphatic heterocycles. The number of carbonyl (C=O) groups is 2. The Hall–Kier alpha value is -3.61. The number of unbranched alkanes of at least 4 members (excludes halogenated alkanes) is 1. The monoisotopic (exact) mass is 490 g/mol. The lowest BCUT2D eigenvalue weighted by atomic mass is 9.93. The molecule has 0 spiro atoms. The van der Waals surface area contributed by atoms with Gasteiger partial charge in [0, 0.05) is 22.5 Å². The maximum atomic E-state index is 14.5. The van der Waals surface area contributed by atoms with Gasteiger partial charge in [0.25, 0.3) is 5.91 Å². The molecule has 2 aromatic carbocycles. The van der Waals surface area contributed by atoms with Crippen LogP contribution in [0.1, 0.15) is 68.0 Å². The predicted octanol–water partition coefficient (Wildman–Crippen LogP) is 6.51. The molecule has 0 saturated heterocycles. The Balaban J connectivity index is 1.37. The summed E-state index contributed by atoms with van der Waals surface area (Å²) < 4.78 is 22.3. The number of rotatable bonds is 11. The molecule has 0 bridgehead atoms. The third kappa shape index (κ3) is 5.01. The molecular weight excluding hydrogens is 459 g/mol. The van der Waals surface area contributed by atoms with E-state index < -0.39 is 23.2 Å². The summed E-state index contributed by atoms with van der Waals surface area (Å²) in [6.45, 7) is 2.46. The summed E-state index contributed by atoms with van der Waals surface area (Å²) in [5.41, 5.74) is 1.31. The van der Waals surface area contributed by atoms with Crippen molar-refractivity contribution in [1.29, 1.82) is 0 Å². The summed E-state index contributed by atoms with van der Waals surface area (Å²) in [5.74, 6) is -1.23. The van der Waals surface area contributed by atoms with E-state index in [9.17, 15) is 19.1 Å². The van der Waals surface area contributed by atoms with Crippen LogP contribution in [-0.2, 0) is 11.3 Å². The number of hydrogen-bond donors (Lipinski definition) is 2. The second-order valence-corrected chi connectivity index (χ2v) is 10.0. The zero-order valence-electron chi connectivity index (χ0n) is 20.4. The van der Waals surface area contributed by atoms with Gasteiger partial charge in [-0.3, -0.25) is 9.59 Å². The number of aliphatic carboxylic acids is 1. The van der Waals surface area contributed by atoms with Crippen LogP contribution in [0.5, 0.6) is 0 Å². The predicted molar refractivity (Wildman–Crippen MR) is 137 cm³/mol. The van der Waals surface area contributed by atoms with Crippen molar-refractivity contribution >= 4 is 33.7 Å². The van der Waals surface area contributed by atoms with Crippen molar-refractivity contribution in [3.63, 3.8) is 0 Å². The van der Waals surface area contributed by atoms with Crippen molar-refractivity contribution in [2.45, 2.75) is 64.0 Å². The molecule has 1 aliphatic carbocycles. The van der Waals surface area contributed by atoms with Gasteiger partial charge in [-0.1, -0.05) is 38.0 Å². The van der Waals surface area contributed by atoms with Crippen molar-refractivity contribution in [2.24, 2.45) is 5.92 Å². The zero-order valence-corrected chi connectivity index (χ0v) is 20.4. The topological polar surface area (TPSA) is 84.5 Å². The normalized spacial score (nSPS) is 15.3. The third-order valence-corrected chi connectivity index (χ3v) is 7.33. The van der Waals surface area contributed by atoms with Crippen molar-refractivity contribution in [3.05, 3.63) is 71.9 Å². The minimum atomic E-state index is -0.777. The van der Waals surface area contributed by atoms with E-state index in [2.05, 4.69) is 5.32 Å². The molecule has 2 N–H and O–H groups in total. The molecule has 1 unspecified atom stereocenters. The molecule has 2 aromatic heterocycles. The molecule has 6 nitrogen and oxygen atoms in total. The van der Waals surface area contributed by atoms with Crippen LogP contribution in [0.2, 0.25) is 0 Å². The summed E-state index contributed by atoms with van der Waals surface area (Å²) in [6.07, 6.45) is 7.06. The molecule has 1 atom stereocenters. The molecule has 7 heteroatoms. The van der Waals surface area contributed by atoms with Gasteiger partial charge >= 0.3 is 5.97 Å². The number of para-hydroxylation sites is 1. The molecular formula is C29H31FN2O4. The van der Waals surface area contributed by atoms with Gasteiger partial charge in [0.2, 0.25) is 0 Å². The Morgan fingerprint density at radius 2 is 1.94 bits per heavy atom. The van der Waals surface area contributed by atoms with Crippen molar-refractivity contribution in [2.75, 3.05) is 0 Å². The number of nitrogens with one attached hydrogen (secondary N) is 1. The minimum Gasteiger partial charge on any atom is -0.481 e. The Kier molecular flexibility index (Phi) is 6.56. The maximum absolute atomic E-state index is 14.5. The van der Waals surface area contributed by atoms with Crippen LogP contribution in [0.3, 0.4) is 0 Å². The number of carbonyl (C=O) groups excluding carboxylic acids is 1. The number of furan rings is 1. The van der Waals surface area contributed by atoms with Crippen LogP contribution < -0.4 is 5.32 Å². The van der Waals surface area contributed by atoms with Crippen LogP contribution in [0.4, 0.5) is 4.39 Å². The number of hydrogen-bond acceptors (Lipinski definition) is 3. The molecule has 36 heavy (non-hydrogen) atoms. The second-order valence-electron chi connectivity index (χ2n) is 10.0. The second kappa shape index (κ2) is 9.80. The van der Waals surface area contributed by atoms with Crippen LogP contribution in [0, 0.1) is 11.7 Å². The molecule has 5 rings (SSSR count). The maximum Gasteiger partial charge on any atom is 0.306 e. The summed E-state index contributed by atoms with van der Waals surface area (Å²) in [4.78, 5) is 25.1. The highest BCUT2D eigenvalue weighted by molar-refractivity contribution is 6.06. The molecule has 1 amide bonds. The van der Waals surface area contributed by atoms with Gasteiger partial charge in [-0.15, -0.1) is 0 Å². The number of halogens is 1. The number of aromatic nitrogens is 1. The lowest BCUT2D eigenvalue weighted by molar-refractivity contribution is -0.142. The number of amides is 1. The van der Waals surface area contributed by atoms with Crippen LogP contribution in [0.25, 0.3) is 21.9 Å². The Morgan fingerprint density at radius 3 is 2.67 bits per heavy atom. The van der Waals surface area contributed by atoms with Crippen LogP contribution in [-0.4, -0.2) is 27.1 Å². The first-order chi connectivity index (χ1) is 17.4. The largest absolute Gasteiger partial charge is 0.481 e. The van der Waals surface area contributed by atoms with Crippen molar-refractivity contribution < 1.29 is 23.5 Å². The third-order valence-electron chi connectivity index (χ3n) is 7.33. The van der Waals surface area contributed by atoms with Gasteiger partial charge in [-0.2, -0.15) is 0 Å². The molecule has 1 aliphatic rings. The minimum absolute atomic E-state index is 0.276. The first kappa shape index (κ1) is 24.1. The number of fused-ring (bicyclic) bond motifs is 2. The van der Waals surface area contributed by atoms with E-state index in [1.165, 1.54) is 12.1 Å². The average molecular weight is 491 g/mol. The highest BCUT2D eigenvalue weighted by Gasteiger charge is 2.44. The van der Waals surface area contributed by atoms with E-state index in [-0.39, 0.29) is 11.5 Å². The molecule has 188 valence electrons. The van der Waals surface area contributed by atoms with E-state index in [4.69, 9.17) is 4.42 Å². The lowest BCUT2D eigenvalue weighted by Crippen LogP contribution is -2.37. The molecule has 1 fully saturated rings. The molecule has 2 heterocycles. The van der Waals surface area contributed by atoms with Gasteiger partial charge in [-0.25, -0.2) is 4.39 Å². The summed E-state index contributed by atoms with van der Waals surface area (Å²) >= 11 is 0. The average Bonchev–Trinajstić information content (AvgIpc) is 3.30. The van der Waals surface area contributed by atoms with Crippen LogP contribution in [0.15, 0.2) is 59.1 Å². The highest BCUT2D eigenvalue weighted by Crippen LogP contribution is 2.41. The van der Waals surface area contributed by atoms with E-state index in [0.717, 1.165) is 42.4 Å². The Labute approximate surface area is 209 Å². The summed E-state index contributed by atoms with van der Waals surface area (Å²) in [6, 6.07) is 14.3. The fourth-order valence-electron chi connectivity index (χ4n) is 5.09. The summed E-state index contributed by atoms with van der Waals surface area (Å²) in [5, 5.41) is 14.3. The lowest BCUT2D eigenvalue weighted by Gasteiger charge is -2.20. The van der Waals surface area contributed by atoms with E-state index in [1.54, 1.807) is 6.07 Å². The number of benzene rings is 2. The van der Waals surface area contributed by atoms with Crippen molar-refractivity contribution in [1.82, 2.24) is 9.88 Å². The Bertz CT molecular complexity index is 1380. The van der Waals surface area contributed by atoms with Gasteiger partial charge < -0.3 is 19.4 Å². The van der Waals surface area contributed by atoms with Gasteiger partial charge in [0.05, 0.1) is 23.5 Å².